The molecule has 3 aromatic rings. The Morgan fingerprint density at radius 2 is 1.94 bits per heavy atom. The summed E-state index contributed by atoms with van der Waals surface area (Å²) in [6.45, 7) is 0.820. The number of rotatable bonds is 8. The highest BCUT2D eigenvalue weighted by molar-refractivity contribution is 6.02. The number of hydrogen-bond donors (Lipinski definition) is 5. The highest BCUT2D eigenvalue weighted by atomic mass is 16.6. The monoisotopic (exact) mass is 497 g/mol. The van der Waals surface area contributed by atoms with Gasteiger partial charge in [-0.3, -0.25) is 4.57 Å². The van der Waals surface area contributed by atoms with Gasteiger partial charge in [0.15, 0.2) is 23.3 Å². The Morgan fingerprint density at radius 1 is 1.28 bits per heavy atom. The fourth-order valence-corrected chi connectivity index (χ4v) is 4.07. The molecule has 4 rings (SSSR count). The smallest absolute Gasteiger partial charge is 0.348 e. The molecule has 0 amide bonds. The Hall–Kier alpha value is -4.09. The van der Waals surface area contributed by atoms with Crippen molar-refractivity contribution in [1.29, 1.82) is 0 Å². The Kier molecular flexibility index (Phi) is 6.37. The largest absolute Gasteiger partial charge is 0.479 e. The lowest BCUT2D eigenvalue weighted by molar-refractivity contribution is -0.191. The number of nitrogens with zero attached hydrogens (tertiary/aromatic N) is 4. The third-order valence-electron chi connectivity index (χ3n) is 6.05. The Morgan fingerprint density at radius 3 is 2.56 bits per heavy atom. The van der Waals surface area contributed by atoms with Crippen molar-refractivity contribution in [1.82, 2.24) is 19.5 Å². The molecule has 6 N–H and O–H groups in total. The zero-order valence-corrected chi connectivity index (χ0v) is 19.0. The van der Waals surface area contributed by atoms with E-state index in [0.717, 1.165) is 0 Å². The first kappa shape index (κ1) is 25.0. The van der Waals surface area contributed by atoms with Crippen LogP contribution in [0.15, 0.2) is 36.7 Å². The van der Waals surface area contributed by atoms with Gasteiger partial charge in [0.25, 0.3) is 5.60 Å². The number of fused-ring (bicyclic) bond motifs is 1. The molecule has 36 heavy (non-hydrogen) atoms. The van der Waals surface area contributed by atoms with Crippen molar-refractivity contribution in [3.63, 3.8) is 0 Å². The quantitative estimate of drug-likeness (QED) is 0.198. The van der Waals surface area contributed by atoms with Gasteiger partial charge in [-0.25, -0.2) is 24.5 Å². The molecule has 13 nitrogen and oxygen atoms in total. The molecule has 0 aliphatic carbocycles. The van der Waals surface area contributed by atoms with E-state index in [2.05, 4.69) is 20.9 Å². The molecule has 0 spiro atoms. The van der Waals surface area contributed by atoms with Gasteiger partial charge in [0.1, 0.15) is 23.5 Å². The third kappa shape index (κ3) is 4.01. The normalized spacial score (nSPS) is 24.0. The molecule has 4 atom stereocenters. The number of aliphatic hydroxyl groups is 2. The summed E-state index contributed by atoms with van der Waals surface area (Å²) in [4.78, 5) is 36.6. The van der Waals surface area contributed by atoms with E-state index in [4.69, 9.17) is 21.6 Å². The van der Waals surface area contributed by atoms with Gasteiger partial charge in [0.2, 0.25) is 0 Å². The first-order valence-electron chi connectivity index (χ1n) is 10.7. The van der Waals surface area contributed by atoms with Crippen molar-refractivity contribution in [3.05, 3.63) is 48.0 Å². The lowest BCUT2D eigenvalue weighted by Crippen LogP contribution is -2.55. The van der Waals surface area contributed by atoms with Gasteiger partial charge in [-0.15, -0.1) is 6.42 Å². The number of aryl methyl sites for hydroxylation is 1. The predicted octanol–water partition coefficient (Wildman–Crippen LogP) is -0.493. The van der Waals surface area contributed by atoms with Gasteiger partial charge < -0.3 is 35.6 Å². The van der Waals surface area contributed by atoms with Crippen LogP contribution in [-0.2, 0) is 25.5 Å². The van der Waals surface area contributed by atoms with Gasteiger partial charge in [0, 0.05) is 6.42 Å². The van der Waals surface area contributed by atoms with E-state index >= 15 is 0 Å². The van der Waals surface area contributed by atoms with Crippen LogP contribution in [0.25, 0.3) is 11.2 Å². The van der Waals surface area contributed by atoms with Crippen molar-refractivity contribution >= 4 is 28.9 Å². The molecule has 1 aromatic carbocycles. The van der Waals surface area contributed by atoms with E-state index in [0.29, 0.717) is 11.4 Å². The second kappa shape index (κ2) is 9.17. The third-order valence-corrected chi connectivity index (χ3v) is 6.05. The van der Waals surface area contributed by atoms with Gasteiger partial charge >= 0.3 is 11.9 Å². The number of carboxylic acids is 2. The van der Waals surface area contributed by atoms with Gasteiger partial charge in [0.05, 0.1) is 12.9 Å². The number of aliphatic hydroxyl groups excluding tert-OH is 1. The first-order chi connectivity index (χ1) is 17.0. The maximum atomic E-state index is 12.1. The Bertz CT molecular complexity index is 1340. The van der Waals surface area contributed by atoms with Crippen molar-refractivity contribution in [3.8, 4) is 12.3 Å². The molecule has 13 heteroatoms. The van der Waals surface area contributed by atoms with Crippen LogP contribution in [0, 0.1) is 19.3 Å². The Balaban J connectivity index is 1.65. The molecule has 1 aliphatic heterocycles. The topological polar surface area (TPSA) is 203 Å². The number of benzene rings is 1. The molecule has 0 saturated carbocycles. The molecule has 0 unspecified atom stereocenters. The van der Waals surface area contributed by atoms with Gasteiger partial charge in [-0.1, -0.05) is 36.3 Å². The van der Waals surface area contributed by atoms with Crippen LogP contribution in [-0.4, -0.2) is 81.9 Å². The minimum Gasteiger partial charge on any atom is -0.479 e. The maximum absolute atomic E-state index is 12.1. The highest BCUT2D eigenvalue weighted by Crippen LogP contribution is 2.39. The van der Waals surface area contributed by atoms with E-state index in [-0.39, 0.29) is 17.0 Å². The number of aliphatic carboxylic acids is 2. The fourth-order valence-electron chi connectivity index (χ4n) is 4.07. The van der Waals surface area contributed by atoms with Crippen LogP contribution in [0.4, 0.5) is 5.82 Å². The molecule has 1 fully saturated rings. The van der Waals surface area contributed by atoms with Crippen LogP contribution in [0.3, 0.4) is 0 Å². The number of anilines is 1. The van der Waals surface area contributed by atoms with E-state index in [1.165, 1.54) is 10.9 Å². The highest BCUT2D eigenvalue weighted by Gasteiger charge is 2.57. The predicted molar refractivity (Wildman–Crippen MR) is 122 cm³/mol. The maximum Gasteiger partial charge on any atom is 0.348 e. The number of aromatic nitrogens is 4. The van der Waals surface area contributed by atoms with E-state index in [9.17, 15) is 30.0 Å². The van der Waals surface area contributed by atoms with Crippen molar-refractivity contribution < 1.29 is 39.5 Å². The minimum atomic E-state index is -2.72. The average Bonchev–Trinajstić information content (AvgIpc) is 3.36. The number of nitrogens with two attached hydrogens (primary N) is 1. The Labute approximate surface area is 204 Å². The lowest BCUT2D eigenvalue weighted by Gasteiger charge is -2.30. The summed E-state index contributed by atoms with van der Waals surface area (Å²) >= 11 is 0. The minimum absolute atomic E-state index is 0.0874. The van der Waals surface area contributed by atoms with Crippen LogP contribution in [0.2, 0.25) is 0 Å². The van der Waals surface area contributed by atoms with Gasteiger partial charge in [-0.05, 0) is 12.5 Å². The second-order valence-electron chi connectivity index (χ2n) is 8.32. The SMILES string of the molecule is C#C[C@@]1(O)[C@@H](COC(Cc2ccccc2)(C(=O)O)C(=O)O)O[C@@H](n2cnc3c(N)nc(C)nc32)[C@@H]1O. The number of imidazole rings is 1. The average molecular weight is 497 g/mol. The molecule has 3 heterocycles. The molecule has 1 aliphatic rings. The zero-order valence-electron chi connectivity index (χ0n) is 19.0. The number of nitrogen functional groups attached to an aromatic ring is 1. The van der Waals surface area contributed by atoms with Crippen molar-refractivity contribution in [2.45, 2.75) is 43.0 Å². The van der Waals surface area contributed by atoms with Crippen molar-refractivity contribution in [2.24, 2.45) is 0 Å². The summed E-state index contributed by atoms with van der Waals surface area (Å²) in [7, 11) is 0. The summed E-state index contributed by atoms with van der Waals surface area (Å²) in [6, 6.07) is 8.03. The molecule has 1 saturated heterocycles. The second-order valence-corrected chi connectivity index (χ2v) is 8.32. The molecule has 188 valence electrons. The number of ether oxygens (including phenoxy) is 2. The number of terminal acetylenes is 1. The molecule has 2 aromatic heterocycles. The molecule has 0 radical (unpaired) electrons. The lowest BCUT2D eigenvalue weighted by atomic mass is 9.92. The first-order valence-corrected chi connectivity index (χ1v) is 10.7. The summed E-state index contributed by atoms with van der Waals surface area (Å²) < 4.78 is 12.5. The number of carboxylic acid groups (broad SMARTS) is 2. The van der Waals surface area contributed by atoms with Crippen LogP contribution in [0.5, 0.6) is 0 Å². The summed E-state index contributed by atoms with van der Waals surface area (Å²) in [5.41, 5.74) is 1.60. The molecular weight excluding hydrogens is 474 g/mol. The standard InChI is InChI=1S/C23H23N5O8/c1-3-22(34)14(10-35-23(20(30)31,21(32)33)9-13-7-5-4-6-8-13)36-19(16(22)29)28-11-25-15-17(24)26-12(2)27-18(15)28/h1,4-8,11,14,16,19,29,34H,9-10H2,2H3,(H,30,31)(H,32,33)(H2,24,26,27)/t14-,16+,19-,22-/m1/s1. The number of carbonyl (C=O) groups is 2. The van der Waals surface area contributed by atoms with E-state index in [1.54, 1.807) is 37.3 Å². The summed E-state index contributed by atoms with van der Waals surface area (Å²) in [5, 5.41) is 41.6. The molecule has 0 bridgehead atoms. The summed E-state index contributed by atoms with van der Waals surface area (Å²) in [5.74, 6) is -1.06. The van der Waals surface area contributed by atoms with Crippen LogP contribution < -0.4 is 5.73 Å². The van der Waals surface area contributed by atoms with Crippen molar-refractivity contribution in [2.75, 3.05) is 12.3 Å². The van der Waals surface area contributed by atoms with Crippen LogP contribution >= 0.6 is 0 Å². The van der Waals surface area contributed by atoms with Crippen LogP contribution in [0.1, 0.15) is 17.6 Å². The zero-order chi connectivity index (χ0) is 26.3. The number of hydrogen-bond acceptors (Lipinski definition) is 10. The van der Waals surface area contributed by atoms with E-state index in [1.807, 2.05) is 0 Å². The summed E-state index contributed by atoms with van der Waals surface area (Å²) in [6.07, 6.45) is 1.65. The molecular formula is C23H23N5O8. The van der Waals surface area contributed by atoms with E-state index < -0.39 is 54.6 Å². The van der Waals surface area contributed by atoms with Gasteiger partial charge in [-0.2, -0.15) is 0 Å². The fraction of sp³-hybridized carbons (Fsp3) is 0.348.